The molecule has 0 radical (unpaired) electrons. The first-order valence-corrected chi connectivity index (χ1v) is 14.2. The van der Waals surface area contributed by atoms with E-state index in [-0.39, 0.29) is 29.8 Å². The second kappa shape index (κ2) is 10.3. The Morgan fingerprint density at radius 3 is 2.68 bits per heavy atom. The number of nitrogens with one attached hydrogen (secondary N) is 1. The fourth-order valence-corrected chi connectivity index (χ4v) is 7.25. The quantitative estimate of drug-likeness (QED) is 0.518. The number of amides is 2. The molecule has 200 valence electrons. The van der Waals surface area contributed by atoms with Gasteiger partial charge in [0.05, 0.1) is 17.3 Å². The van der Waals surface area contributed by atoms with Gasteiger partial charge in [-0.1, -0.05) is 18.2 Å². The molecule has 1 fully saturated rings. The number of carbonyl (C=O) groups excluding carboxylic acids is 2. The van der Waals surface area contributed by atoms with Gasteiger partial charge in [0.15, 0.2) is 0 Å². The SMILES string of the molecule is Cc1ccnc(NC(=O)[C@@H]2CCCN(S(=O)(=O)c3c(C)nn(CC(=O)N4CCc5ccccc54)c3C)C2)c1. The van der Waals surface area contributed by atoms with Crippen LogP contribution in [-0.4, -0.2) is 58.9 Å². The van der Waals surface area contributed by atoms with Crippen LogP contribution < -0.4 is 10.2 Å². The van der Waals surface area contributed by atoms with Crippen LogP contribution in [-0.2, 0) is 32.6 Å². The summed E-state index contributed by atoms with van der Waals surface area (Å²) in [5.41, 5.74) is 3.75. The summed E-state index contributed by atoms with van der Waals surface area (Å²) in [6.07, 6.45) is 3.58. The number of anilines is 2. The van der Waals surface area contributed by atoms with Crippen molar-refractivity contribution in [2.24, 2.45) is 5.92 Å². The molecule has 1 N–H and O–H groups in total. The van der Waals surface area contributed by atoms with Crippen LogP contribution in [0, 0.1) is 26.7 Å². The first-order chi connectivity index (χ1) is 18.1. The zero-order valence-corrected chi connectivity index (χ0v) is 22.7. The molecule has 2 aliphatic heterocycles. The molecule has 3 aromatic rings. The number of hydrogen-bond acceptors (Lipinski definition) is 6. The van der Waals surface area contributed by atoms with E-state index in [1.807, 2.05) is 37.3 Å². The second-order valence-corrected chi connectivity index (χ2v) is 11.9. The fourth-order valence-electron chi connectivity index (χ4n) is 5.36. The van der Waals surface area contributed by atoms with Crippen LogP contribution in [0.5, 0.6) is 0 Å². The molecule has 38 heavy (non-hydrogen) atoms. The Balaban J connectivity index is 1.32. The summed E-state index contributed by atoms with van der Waals surface area (Å²) in [6.45, 7) is 6.17. The van der Waals surface area contributed by atoms with Crippen molar-refractivity contribution >= 4 is 33.3 Å². The molecule has 11 heteroatoms. The molecule has 0 saturated carbocycles. The average molecular weight is 537 g/mol. The van der Waals surface area contributed by atoms with E-state index >= 15 is 0 Å². The van der Waals surface area contributed by atoms with Crippen LogP contribution in [0.25, 0.3) is 0 Å². The van der Waals surface area contributed by atoms with Crippen molar-refractivity contribution in [2.75, 3.05) is 29.9 Å². The Hall–Kier alpha value is -3.57. The third-order valence-corrected chi connectivity index (χ3v) is 9.43. The summed E-state index contributed by atoms with van der Waals surface area (Å²) < 4.78 is 30.3. The van der Waals surface area contributed by atoms with Crippen molar-refractivity contribution in [3.8, 4) is 0 Å². The minimum atomic E-state index is -3.92. The van der Waals surface area contributed by atoms with Crippen LogP contribution in [0.1, 0.15) is 35.4 Å². The van der Waals surface area contributed by atoms with Gasteiger partial charge in [-0.25, -0.2) is 13.4 Å². The van der Waals surface area contributed by atoms with Gasteiger partial charge in [-0.05, 0) is 69.4 Å². The predicted molar refractivity (Wildman–Crippen MR) is 143 cm³/mol. The molecule has 0 aliphatic carbocycles. The van der Waals surface area contributed by atoms with Crippen molar-refractivity contribution in [1.29, 1.82) is 0 Å². The number of hydrogen-bond donors (Lipinski definition) is 1. The summed E-state index contributed by atoms with van der Waals surface area (Å²) in [6, 6.07) is 11.4. The van der Waals surface area contributed by atoms with E-state index in [2.05, 4.69) is 15.4 Å². The van der Waals surface area contributed by atoms with E-state index in [4.69, 9.17) is 0 Å². The Labute approximate surface area is 222 Å². The van der Waals surface area contributed by atoms with Crippen molar-refractivity contribution < 1.29 is 18.0 Å². The van der Waals surface area contributed by atoms with Crippen LogP contribution in [0.4, 0.5) is 11.5 Å². The van der Waals surface area contributed by atoms with Gasteiger partial charge in [0.1, 0.15) is 17.3 Å². The van der Waals surface area contributed by atoms with Gasteiger partial charge in [0.25, 0.3) is 0 Å². The second-order valence-electron chi connectivity index (χ2n) is 9.99. The highest BCUT2D eigenvalue weighted by Gasteiger charge is 2.37. The van der Waals surface area contributed by atoms with Crippen LogP contribution in [0.15, 0.2) is 47.5 Å². The molecular weight excluding hydrogens is 504 g/mol. The number of aromatic nitrogens is 3. The number of carbonyl (C=O) groups is 2. The Morgan fingerprint density at radius 2 is 1.89 bits per heavy atom. The van der Waals surface area contributed by atoms with Crippen molar-refractivity contribution in [2.45, 2.75) is 51.5 Å². The maximum Gasteiger partial charge on any atom is 0.248 e. The van der Waals surface area contributed by atoms with Crippen molar-refractivity contribution in [3.05, 3.63) is 65.1 Å². The Bertz CT molecular complexity index is 1500. The molecule has 5 rings (SSSR count). The first-order valence-electron chi connectivity index (χ1n) is 12.8. The molecule has 1 atom stereocenters. The molecule has 0 spiro atoms. The van der Waals surface area contributed by atoms with E-state index in [9.17, 15) is 18.0 Å². The Kier molecular flexibility index (Phi) is 7.06. The molecule has 2 aliphatic rings. The van der Waals surface area contributed by atoms with E-state index < -0.39 is 15.9 Å². The van der Waals surface area contributed by atoms with Gasteiger partial charge in [0, 0.05) is 31.5 Å². The summed E-state index contributed by atoms with van der Waals surface area (Å²) in [5.74, 6) is -0.422. The molecule has 4 heterocycles. The summed E-state index contributed by atoms with van der Waals surface area (Å²) in [7, 11) is -3.92. The van der Waals surface area contributed by atoms with E-state index in [0.717, 1.165) is 23.2 Å². The van der Waals surface area contributed by atoms with Gasteiger partial charge in [0.2, 0.25) is 21.8 Å². The lowest BCUT2D eigenvalue weighted by molar-refractivity contribution is -0.121. The molecule has 2 amide bonds. The number of benzene rings is 1. The lowest BCUT2D eigenvalue weighted by atomic mass is 9.99. The number of sulfonamides is 1. The zero-order chi connectivity index (χ0) is 27.0. The number of pyridine rings is 1. The topological polar surface area (TPSA) is 117 Å². The van der Waals surface area contributed by atoms with Gasteiger partial charge >= 0.3 is 0 Å². The van der Waals surface area contributed by atoms with Crippen LogP contribution in [0.3, 0.4) is 0 Å². The molecule has 1 saturated heterocycles. The van der Waals surface area contributed by atoms with E-state index in [1.165, 1.54) is 8.99 Å². The summed E-state index contributed by atoms with van der Waals surface area (Å²) in [5, 5.41) is 7.25. The third kappa shape index (κ3) is 4.95. The maximum absolute atomic E-state index is 13.8. The highest BCUT2D eigenvalue weighted by atomic mass is 32.2. The number of fused-ring (bicyclic) bond motifs is 1. The Morgan fingerprint density at radius 1 is 1.11 bits per heavy atom. The minimum absolute atomic E-state index is 0.0505. The van der Waals surface area contributed by atoms with Crippen LogP contribution in [0.2, 0.25) is 0 Å². The van der Waals surface area contributed by atoms with Crippen molar-refractivity contribution in [1.82, 2.24) is 19.1 Å². The highest BCUT2D eigenvalue weighted by molar-refractivity contribution is 7.89. The minimum Gasteiger partial charge on any atom is -0.310 e. The highest BCUT2D eigenvalue weighted by Crippen LogP contribution is 2.30. The molecule has 0 unspecified atom stereocenters. The molecule has 2 aromatic heterocycles. The monoisotopic (exact) mass is 536 g/mol. The van der Waals surface area contributed by atoms with Gasteiger partial charge in [-0.3, -0.25) is 14.3 Å². The molecule has 10 nitrogen and oxygen atoms in total. The predicted octanol–water partition coefficient (Wildman–Crippen LogP) is 2.83. The average Bonchev–Trinajstić information content (AvgIpc) is 3.44. The molecule has 1 aromatic carbocycles. The standard InChI is InChI=1S/C27H32N6O4S/c1-18-10-12-28-24(15-18)29-27(35)22-8-6-13-31(16-22)38(36,37)26-19(2)30-33(20(26)3)17-25(34)32-14-11-21-7-4-5-9-23(21)32/h4-5,7,9-10,12,15,22H,6,8,11,13-14,16-17H2,1-3H3,(H,28,29,35)/t22-/m1/s1. The third-order valence-electron chi connectivity index (χ3n) is 7.31. The lowest BCUT2D eigenvalue weighted by Crippen LogP contribution is -2.44. The van der Waals surface area contributed by atoms with Gasteiger partial charge < -0.3 is 10.2 Å². The van der Waals surface area contributed by atoms with Gasteiger partial charge in [-0.2, -0.15) is 9.40 Å². The number of aryl methyl sites for hydroxylation is 2. The molecule has 0 bridgehead atoms. The fraction of sp³-hybridized carbons (Fsp3) is 0.407. The zero-order valence-electron chi connectivity index (χ0n) is 21.8. The molecular formula is C27H32N6O4S. The maximum atomic E-state index is 13.8. The largest absolute Gasteiger partial charge is 0.310 e. The van der Waals surface area contributed by atoms with Crippen LogP contribution >= 0.6 is 0 Å². The smallest absolute Gasteiger partial charge is 0.248 e. The summed E-state index contributed by atoms with van der Waals surface area (Å²) >= 11 is 0. The van der Waals surface area contributed by atoms with E-state index in [1.54, 1.807) is 31.0 Å². The number of rotatable bonds is 6. The summed E-state index contributed by atoms with van der Waals surface area (Å²) in [4.78, 5) is 32.1. The number of piperidine rings is 1. The normalized spacial score (nSPS) is 17.9. The number of para-hydroxylation sites is 1. The van der Waals surface area contributed by atoms with Crippen molar-refractivity contribution in [3.63, 3.8) is 0 Å². The van der Waals surface area contributed by atoms with Gasteiger partial charge in [-0.15, -0.1) is 0 Å². The number of nitrogens with zero attached hydrogens (tertiary/aromatic N) is 5. The lowest BCUT2D eigenvalue weighted by Gasteiger charge is -2.31. The van der Waals surface area contributed by atoms with E-state index in [0.29, 0.717) is 43.1 Å². The first kappa shape index (κ1) is 26.1.